The second kappa shape index (κ2) is 7.31. The van der Waals surface area contributed by atoms with Gasteiger partial charge < -0.3 is 9.84 Å². The van der Waals surface area contributed by atoms with E-state index in [-0.39, 0.29) is 12.5 Å². The van der Waals surface area contributed by atoms with Crippen molar-refractivity contribution in [1.82, 2.24) is 0 Å². The lowest BCUT2D eigenvalue weighted by Gasteiger charge is -2.14. The molecule has 0 fully saturated rings. The van der Waals surface area contributed by atoms with Crippen LogP contribution in [0.15, 0.2) is 36.9 Å². The lowest BCUT2D eigenvalue weighted by atomic mass is 10.1. The number of rotatable bonds is 7. The highest BCUT2D eigenvalue weighted by Gasteiger charge is 2.07. The van der Waals surface area contributed by atoms with Gasteiger partial charge in [-0.25, -0.2) is 0 Å². The maximum atomic E-state index is 9.14. The molecule has 1 atom stereocenters. The quantitative estimate of drug-likeness (QED) is 0.741. The molecule has 0 bridgehead atoms. The summed E-state index contributed by atoms with van der Waals surface area (Å²) < 4.78 is 5.56. The van der Waals surface area contributed by atoms with Crippen molar-refractivity contribution in [2.45, 2.75) is 12.8 Å². The van der Waals surface area contributed by atoms with Crippen molar-refractivity contribution < 1.29 is 9.84 Å². The maximum Gasteiger partial charge on any atom is 0.119 e. The van der Waals surface area contributed by atoms with Gasteiger partial charge in [0.2, 0.25) is 0 Å². The van der Waals surface area contributed by atoms with Crippen LogP contribution in [-0.2, 0) is 0 Å². The molecule has 1 aromatic carbocycles. The first kappa shape index (κ1) is 13.1. The molecule has 0 saturated carbocycles. The number of hydrogen-bond acceptors (Lipinski definition) is 2. The van der Waals surface area contributed by atoms with Crippen molar-refractivity contribution in [3.05, 3.63) is 41.9 Å². The molecule has 0 aromatic heterocycles. The summed E-state index contributed by atoms with van der Waals surface area (Å²) >= 11 is 5.76. The summed E-state index contributed by atoms with van der Waals surface area (Å²) in [4.78, 5) is 0. The molecule has 1 aromatic rings. The summed E-state index contributed by atoms with van der Waals surface area (Å²) in [6, 6.07) is 7.22. The number of hydrogen-bond donors (Lipinski definition) is 1. The SMILES string of the molecule is C=CCC[C@H](CO)COc1ccc(Cl)cc1. The zero-order valence-corrected chi connectivity index (χ0v) is 9.99. The lowest BCUT2D eigenvalue weighted by molar-refractivity contribution is 0.157. The van der Waals surface area contributed by atoms with E-state index in [2.05, 4.69) is 6.58 Å². The molecule has 88 valence electrons. The fourth-order valence-electron chi connectivity index (χ4n) is 1.33. The van der Waals surface area contributed by atoms with Crippen LogP contribution in [0.5, 0.6) is 5.75 Å². The fraction of sp³-hybridized carbons (Fsp3) is 0.385. The third-order valence-corrected chi connectivity index (χ3v) is 2.59. The Bertz CT molecular complexity index is 308. The Labute approximate surface area is 102 Å². The predicted octanol–water partition coefficient (Wildman–Crippen LogP) is 3.29. The summed E-state index contributed by atoms with van der Waals surface area (Å²) in [5.41, 5.74) is 0. The van der Waals surface area contributed by atoms with Gasteiger partial charge in [0.05, 0.1) is 6.61 Å². The zero-order valence-electron chi connectivity index (χ0n) is 9.23. The Morgan fingerprint density at radius 1 is 1.38 bits per heavy atom. The number of allylic oxidation sites excluding steroid dienone is 1. The molecule has 0 aliphatic rings. The molecule has 3 heteroatoms. The fourth-order valence-corrected chi connectivity index (χ4v) is 1.45. The third kappa shape index (κ3) is 4.69. The maximum absolute atomic E-state index is 9.14. The van der Waals surface area contributed by atoms with Gasteiger partial charge in [0, 0.05) is 17.5 Å². The van der Waals surface area contributed by atoms with E-state index in [4.69, 9.17) is 21.4 Å². The Hall–Kier alpha value is -0.990. The molecule has 16 heavy (non-hydrogen) atoms. The van der Waals surface area contributed by atoms with Gasteiger partial charge in [-0.3, -0.25) is 0 Å². The molecular formula is C13H17ClO2. The highest BCUT2D eigenvalue weighted by Crippen LogP contribution is 2.17. The number of aliphatic hydroxyl groups is 1. The molecule has 0 saturated heterocycles. The minimum absolute atomic E-state index is 0.140. The highest BCUT2D eigenvalue weighted by atomic mass is 35.5. The van der Waals surface area contributed by atoms with Crippen molar-refractivity contribution in [3.63, 3.8) is 0 Å². The molecule has 1 N–H and O–H groups in total. The van der Waals surface area contributed by atoms with E-state index in [0.717, 1.165) is 18.6 Å². The van der Waals surface area contributed by atoms with Crippen LogP contribution >= 0.6 is 11.6 Å². The topological polar surface area (TPSA) is 29.5 Å². The smallest absolute Gasteiger partial charge is 0.119 e. The monoisotopic (exact) mass is 240 g/mol. The highest BCUT2D eigenvalue weighted by molar-refractivity contribution is 6.30. The molecular weight excluding hydrogens is 224 g/mol. The van der Waals surface area contributed by atoms with Crippen molar-refractivity contribution in [1.29, 1.82) is 0 Å². The van der Waals surface area contributed by atoms with E-state index in [1.54, 1.807) is 12.1 Å². The Morgan fingerprint density at radius 2 is 2.06 bits per heavy atom. The zero-order chi connectivity index (χ0) is 11.8. The van der Waals surface area contributed by atoms with Crippen LogP contribution in [-0.4, -0.2) is 18.3 Å². The van der Waals surface area contributed by atoms with Gasteiger partial charge >= 0.3 is 0 Å². The van der Waals surface area contributed by atoms with Gasteiger partial charge in [0.1, 0.15) is 5.75 Å². The van der Waals surface area contributed by atoms with E-state index in [1.807, 2.05) is 18.2 Å². The molecule has 0 spiro atoms. The summed E-state index contributed by atoms with van der Waals surface area (Å²) in [5, 5.41) is 9.83. The van der Waals surface area contributed by atoms with Gasteiger partial charge in [0.25, 0.3) is 0 Å². The molecule has 0 radical (unpaired) electrons. The molecule has 0 unspecified atom stereocenters. The van der Waals surface area contributed by atoms with E-state index in [9.17, 15) is 0 Å². The minimum atomic E-state index is 0.140. The molecule has 1 rings (SSSR count). The third-order valence-electron chi connectivity index (χ3n) is 2.34. The van der Waals surface area contributed by atoms with Crippen LogP contribution in [0.3, 0.4) is 0 Å². The van der Waals surface area contributed by atoms with Crippen LogP contribution in [0.1, 0.15) is 12.8 Å². The van der Waals surface area contributed by atoms with Crippen LogP contribution < -0.4 is 4.74 Å². The van der Waals surface area contributed by atoms with Gasteiger partial charge in [-0.15, -0.1) is 6.58 Å². The van der Waals surface area contributed by atoms with Crippen molar-refractivity contribution in [2.24, 2.45) is 5.92 Å². The first-order chi connectivity index (χ1) is 7.76. The summed E-state index contributed by atoms with van der Waals surface area (Å²) in [6.45, 7) is 4.32. The second-order valence-corrected chi connectivity index (χ2v) is 4.12. The molecule has 2 nitrogen and oxygen atoms in total. The molecule has 0 aliphatic carbocycles. The Kier molecular flexibility index (Phi) is 5.98. The standard InChI is InChI=1S/C13H17ClO2/c1-2-3-4-11(9-15)10-16-13-7-5-12(14)6-8-13/h2,5-8,11,15H,1,3-4,9-10H2/t11-/m1/s1. The van der Waals surface area contributed by atoms with Gasteiger partial charge in [-0.2, -0.15) is 0 Å². The van der Waals surface area contributed by atoms with Crippen molar-refractivity contribution in [2.75, 3.05) is 13.2 Å². The van der Waals surface area contributed by atoms with E-state index >= 15 is 0 Å². The van der Waals surface area contributed by atoms with Gasteiger partial charge in [-0.1, -0.05) is 17.7 Å². The van der Waals surface area contributed by atoms with Crippen LogP contribution in [0, 0.1) is 5.92 Å². The largest absolute Gasteiger partial charge is 0.493 e. The number of benzene rings is 1. The summed E-state index contributed by atoms with van der Waals surface area (Å²) in [6.07, 6.45) is 3.65. The summed E-state index contributed by atoms with van der Waals surface area (Å²) in [7, 11) is 0. The number of ether oxygens (including phenoxy) is 1. The Morgan fingerprint density at radius 3 is 2.62 bits per heavy atom. The number of halogens is 1. The van der Waals surface area contributed by atoms with Crippen LogP contribution in [0.2, 0.25) is 5.02 Å². The minimum Gasteiger partial charge on any atom is -0.493 e. The van der Waals surface area contributed by atoms with Crippen LogP contribution in [0.4, 0.5) is 0 Å². The molecule has 0 heterocycles. The second-order valence-electron chi connectivity index (χ2n) is 3.68. The van der Waals surface area contributed by atoms with Crippen molar-refractivity contribution >= 4 is 11.6 Å². The van der Waals surface area contributed by atoms with E-state index in [0.29, 0.717) is 11.6 Å². The van der Waals surface area contributed by atoms with Crippen LogP contribution in [0.25, 0.3) is 0 Å². The molecule has 0 aliphatic heterocycles. The number of aliphatic hydroxyl groups excluding tert-OH is 1. The van der Waals surface area contributed by atoms with E-state index < -0.39 is 0 Å². The molecule has 0 amide bonds. The Balaban J connectivity index is 2.36. The summed E-state index contributed by atoms with van der Waals surface area (Å²) in [5.74, 6) is 0.940. The van der Waals surface area contributed by atoms with Gasteiger partial charge in [0.15, 0.2) is 0 Å². The average molecular weight is 241 g/mol. The first-order valence-electron chi connectivity index (χ1n) is 5.36. The van der Waals surface area contributed by atoms with Crippen molar-refractivity contribution in [3.8, 4) is 5.75 Å². The van der Waals surface area contributed by atoms with E-state index in [1.165, 1.54) is 0 Å². The predicted molar refractivity (Wildman–Crippen MR) is 67.0 cm³/mol. The lowest BCUT2D eigenvalue weighted by Crippen LogP contribution is -2.15. The normalized spacial score (nSPS) is 12.1. The first-order valence-corrected chi connectivity index (χ1v) is 5.74. The van der Waals surface area contributed by atoms with Gasteiger partial charge in [-0.05, 0) is 37.1 Å². The average Bonchev–Trinajstić information content (AvgIpc) is 2.32.